The van der Waals surface area contributed by atoms with E-state index in [4.69, 9.17) is 4.74 Å². The zero-order valence-corrected chi connectivity index (χ0v) is 14.8. The lowest BCUT2D eigenvalue weighted by molar-refractivity contribution is -0.123. The lowest BCUT2D eigenvalue weighted by Crippen LogP contribution is -2.68. The number of carboxylic acids is 1. The molecule has 138 valence electrons. The van der Waals surface area contributed by atoms with Crippen LogP contribution in [0.25, 0.3) is 11.0 Å². The first-order chi connectivity index (χ1) is 12.4. The fourth-order valence-electron chi connectivity index (χ4n) is 4.20. The van der Waals surface area contributed by atoms with E-state index >= 15 is 0 Å². The standard InChI is InChI=1S/C17H21N5O4/c1-7-11-12(10(17(24)25)6-18-16(11)22(3)21-7)20-13-9-4-5-26-15(9)14(13)19-8(2)23/h6,9,13-15H,4-5H2,1-3H3,(H,18,20)(H,19,23)(H,24,25)/t9-,13+,14-,15-/m1/s1. The Bertz CT molecular complexity index is 908. The third-order valence-corrected chi connectivity index (χ3v) is 5.32. The molecular weight excluding hydrogens is 338 g/mol. The van der Waals surface area contributed by atoms with Crippen molar-refractivity contribution in [1.29, 1.82) is 0 Å². The Kier molecular flexibility index (Phi) is 3.83. The van der Waals surface area contributed by atoms with E-state index in [0.717, 1.165) is 6.42 Å². The van der Waals surface area contributed by atoms with Gasteiger partial charge in [0.15, 0.2) is 5.65 Å². The number of ether oxygens (including phenoxy) is 1. The van der Waals surface area contributed by atoms with Crippen LogP contribution in [-0.2, 0) is 16.6 Å². The van der Waals surface area contributed by atoms with Crippen molar-refractivity contribution >= 4 is 28.6 Å². The van der Waals surface area contributed by atoms with Crippen molar-refractivity contribution in [3.8, 4) is 0 Å². The molecule has 4 rings (SSSR count). The molecule has 2 aromatic heterocycles. The second-order valence-electron chi connectivity index (χ2n) is 6.94. The van der Waals surface area contributed by atoms with Gasteiger partial charge in [-0.05, 0) is 13.3 Å². The first-order valence-corrected chi connectivity index (χ1v) is 8.59. The number of nitrogens with zero attached hydrogens (tertiary/aromatic N) is 3. The molecule has 1 aliphatic carbocycles. The third-order valence-electron chi connectivity index (χ3n) is 5.32. The molecule has 0 unspecified atom stereocenters. The number of hydrogen-bond donors (Lipinski definition) is 3. The van der Waals surface area contributed by atoms with E-state index in [9.17, 15) is 14.7 Å². The van der Waals surface area contributed by atoms with Crippen molar-refractivity contribution in [3.05, 3.63) is 17.5 Å². The van der Waals surface area contributed by atoms with Crippen LogP contribution in [0.2, 0.25) is 0 Å². The number of fused-ring (bicyclic) bond motifs is 2. The summed E-state index contributed by atoms with van der Waals surface area (Å²) in [7, 11) is 1.77. The average Bonchev–Trinajstić information content (AvgIpc) is 3.12. The second-order valence-corrected chi connectivity index (χ2v) is 6.94. The molecule has 26 heavy (non-hydrogen) atoms. The number of amides is 1. The van der Waals surface area contributed by atoms with Crippen LogP contribution in [0.4, 0.5) is 5.69 Å². The van der Waals surface area contributed by atoms with Crippen molar-refractivity contribution in [2.75, 3.05) is 11.9 Å². The van der Waals surface area contributed by atoms with E-state index in [-0.39, 0.29) is 35.6 Å². The topological polar surface area (TPSA) is 118 Å². The third kappa shape index (κ3) is 2.42. The Labute approximate surface area is 149 Å². The van der Waals surface area contributed by atoms with Crippen LogP contribution >= 0.6 is 0 Å². The Morgan fingerprint density at radius 2 is 2.15 bits per heavy atom. The van der Waals surface area contributed by atoms with E-state index in [1.807, 2.05) is 6.92 Å². The molecule has 1 saturated heterocycles. The molecule has 2 aliphatic rings. The minimum atomic E-state index is -1.06. The van der Waals surface area contributed by atoms with E-state index < -0.39 is 5.97 Å². The highest BCUT2D eigenvalue weighted by Gasteiger charge is 2.54. The van der Waals surface area contributed by atoms with Crippen molar-refractivity contribution in [1.82, 2.24) is 20.1 Å². The van der Waals surface area contributed by atoms with Crippen LogP contribution in [0.1, 0.15) is 29.4 Å². The van der Waals surface area contributed by atoms with Crippen LogP contribution in [0.5, 0.6) is 0 Å². The highest BCUT2D eigenvalue weighted by molar-refractivity contribution is 6.04. The van der Waals surface area contributed by atoms with Gasteiger partial charge in [-0.15, -0.1) is 0 Å². The van der Waals surface area contributed by atoms with Gasteiger partial charge in [-0.25, -0.2) is 9.78 Å². The van der Waals surface area contributed by atoms with Gasteiger partial charge >= 0.3 is 5.97 Å². The molecule has 0 spiro atoms. The number of pyridine rings is 1. The molecule has 4 atom stereocenters. The van der Waals surface area contributed by atoms with Gasteiger partial charge in [-0.3, -0.25) is 9.48 Å². The molecule has 1 aliphatic heterocycles. The van der Waals surface area contributed by atoms with Crippen molar-refractivity contribution < 1.29 is 19.4 Å². The number of anilines is 1. The van der Waals surface area contributed by atoms with Gasteiger partial charge < -0.3 is 20.5 Å². The minimum Gasteiger partial charge on any atom is -0.478 e. The summed E-state index contributed by atoms with van der Waals surface area (Å²) < 4.78 is 7.36. The largest absolute Gasteiger partial charge is 0.478 e. The number of carboxylic acid groups (broad SMARTS) is 1. The van der Waals surface area contributed by atoms with Gasteiger partial charge in [0.05, 0.1) is 35.0 Å². The van der Waals surface area contributed by atoms with E-state index in [1.54, 1.807) is 11.7 Å². The van der Waals surface area contributed by atoms with Gasteiger partial charge in [0.25, 0.3) is 0 Å². The number of aryl methyl sites for hydroxylation is 2. The lowest BCUT2D eigenvalue weighted by Gasteiger charge is -2.48. The van der Waals surface area contributed by atoms with Gasteiger partial charge in [-0.1, -0.05) is 0 Å². The van der Waals surface area contributed by atoms with E-state index in [0.29, 0.717) is 29.0 Å². The molecule has 0 bridgehead atoms. The van der Waals surface area contributed by atoms with Crippen LogP contribution < -0.4 is 10.6 Å². The van der Waals surface area contributed by atoms with Crippen molar-refractivity contribution in [2.24, 2.45) is 13.0 Å². The SMILES string of the molecule is CC(=O)N[C@@H]1[C@@H](Nc2c(C(=O)O)cnc3c2c(C)nn3C)[C@H]2CCO[C@H]21. The summed E-state index contributed by atoms with van der Waals surface area (Å²) in [5.74, 6) is -0.958. The van der Waals surface area contributed by atoms with Crippen molar-refractivity contribution in [3.63, 3.8) is 0 Å². The van der Waals surface area contributed by atoms with Crippen molar-refractivity contribution in [2.45, 2.75) is 38.5 Å². The van der Waals surface area contributed by atoms with Gasteiger partial charge in [0.1, 0.15) is 5.56 Å². The quantitative estimate of drug-likeness (QED) is 0.734. The number of aromatic nitrogens is 3. The number of carbonyl (C=O) groups is 2. The number of rotatable bonds is 4. The summed E-state index contributed by atoms with van der Waals surface area (Å²) in [6.07, 6.45) is 2.20. The summed E-state index contributed by atoms with van der Waals surface area (Å²) in [6.45, 7) is 3.94. The zero-order chi connectivity index (χ0) is 18.6. The predicted octanol–water partition coefficient (Wildman–Crippen LogP) is 0.679. The van der Waals surface area contributed by atoms with Gasteiger partial charge in [0, 0.05) is 32.7 Å². The number of aromatic carboxylic acids is 1. The van der Waals surface area contributed by atoms with E-state index in [2.05, 4.69) is 20.7 Å². The Morgan fingerprint density at radius 1 is 1.38 bits per heavy atom. The first kappa shape index (κ1) is 16.8. The highest BCUT2D eigenvalue weighted by atomic mass is 16.5. The molecule has 1 saturated carbocycles. The Hall–Kier alpha value is -2.68. The molecule has 0 radical (unpaired) electrons. The van der Waals surface area contributed by atoms with E-state index in [1.165, 1.54) is 13.1 Å². The molecule has 3 heterocycles. The van der Waals surface area contributed by atoms with Gasteiger partial charge in [-0.2, -0.15) is 5.10 Å². The monoisotopic (exact) mass is 359 g/mol. The summed E-state index contributed by atoms with van der Waals surface area (Å²) in [5.41, 5.74) is 1.91. The van der Waals surface area contributed by atoms with Crippen LogP contribution in [-0.4, -0.2) is 56.5 Å². The molecular formula is C17H21N5O4. The zero-order valence-electron chi connectivity index (χ0n) is 14.8. The maximum atomic E-state index is 11.8. The number of carbonyl (C=O) groups excluding carboxylic acids is 1. The predicted molar refractivity (Wildman–Crippen MR) is 93.1 cm³/mol. The first-order valence-electron chi connectivity index (χ1n) is 8.59. The van der Waals surface area contributed by atoms with Crippen LogP contribution in [0, 0.1) is 12.8 Å². The highest BCUT2D eigenvalue weighted by Crippen LogP contribution is 2.42. The summed E-state index contributed by atoms with van der Waals surface area (Å²) >= 11 is 0. The molecule has 9 heteroatoms. The summed E-state index contributed by atoms with van der Waals surface area (Å²) in [5, 5.41) is 21.0. The minimum absolute atomic E-state index is 0.0306. The average molecular weight is 359 g/mol. The Morgan fingerprint density at radius 3 is 2.85 bits per heavy atom. The molecule has 3 N–H and O–H groups in total. The normalized spacial score (nSPS) is 27.0. The lowest BCUT2D eigenvalue weighted by atomic mass is 9.71. The number of hydrogen-bond acceptors (Lipinski definition) is 6. The maximum absolute atomic E-state index is 11.8. The molecule has 2 fully saturated rings. The van der Waals surface area contributed by atoms with Crippen LogP contribution in [0.15, 0.2) is 6.20 Å². The summed E-state index contributed by atoms with van der Waals surface area (Å²) in [6, 6.07) is -0.295. The van der Waals surface area contributed by atoms with Gasteiger partial charge in [0.2, 0.25) is 5.91 Å². The fourth-order valence-corrected chi connectivity index (χ4v) is 4.20. The molecule has 1 amide bonds. The van der Waals surface area contributed by atoms with Crippen LogP contribution in [0.3, 0.4) is 0 Å². The summed E-state index contributed by atoms with van der Waals surface area (Å²) in [4.78, 5) is 27.6. The fraction of sp³-hybridized carbons (Fsp3) is 0.529. The Balaban J connectivity index is 1.77. The second kappa shape index (κ2) is 5.94. The maximum Gasteiger partial charge on any atom is 0.339 e. The number of nitrogens with one attached hydrogen (secondary N) is 2. The smallest absolute Gasteiger partial charge is 0.339 e. The molecule has 0 aromatic carbocycles. The molecule has 9 nitrogen and oxygen atoms in total. The molecule has 2 aromatic rings.